The van der Waals surface area contributed by atoms with Crippen LogP contribution in [-0.2, 0) is 15.9 Å². The molecule has 0 spiro atoms. The lowest BCUT2D eigenvalue weighted by Crippen LogP contribution is -2.31. The average molecular weight is 348 g/mol. The van der Waals surface area contributed by atoms with Gasteiger partial charge < -0.3 is 0 Å². The third-order valence-electron chi connectivity index (χ3n) is 3.03. The Kier molecular flexibility index (Phi) is 4.91. The van der Waals surface area contributed by atoms with Crippen molar-refractivity contribution < 1.29 is 12.8 Å². The molecular weight excluding hydrogens is 333 g/mol. The van der Waals surface area contributed by atoms with Crippen LogP contribution < -0.4 is 4.31 Å². The molecule has 0 aliphatic rings. The summed E-state index contributed by atoms with van der Waals surface area (Å²) < 4.78 is 40.6. The normalized spacial score (nSPS) is 11.6. The van der Waals surface area contributed by atoms with Crippen LogP contribution in [0.5, 0.6) is 0 Å². The third kappa shape index (κ3) is 3.07. The van der Waals surface area contributed by atoms with Crippen molar-refractivity contribution in [2.75, 3.05) is 10.8 Å². The van der Waals surface area contributed by atoms with Gasteiger partial charge in [-0.1, -0.05) is 12.1 Å². The summed E-state index contributed by atoms with van der Waals surface area (Å²) in [5, 5.41) is 0. The van der Waals surface area contributed by atoms with E-state index in [1.54, 1.807) is 26.0 Å². The molecule has 0 fully saturated rings. The smallest absolute Gasteiger partial charge is 0.264 e. The van der Waals surface area contributed by atoms with E-state index in [4.69, 9.17) is 11.6 Å². The van der Waals surface area contributed by atoms with Crippen molar-refractivity contribution in [2.45, 2.75) is 24.6 Å². The van der Waals surface area contributed by atoms with Crippen LogP contribution in [0.4, 0.5) is 10.1 Å². The van der Waals surface area contributed by atoms with Gasteiger partial charge in [0.2, 0.25) is 0 Å². The molecule has 0 amide bonds. The molecule has 0 atom stereocenters. The Morgan fingerprint density at radius 3 is 2.52 bits per heavy atom. The molecule has 0 saturated heterocycles. The number of hydrogen-bond acceptors (Lipinski definition) is 3. The van der Waals surface area contributed by atoms with Crippen molar-refractivity contribution in [2.24, 2.45) is 0 Å². The van der Waals surface area contributed by atoms with Crippen molar-refractivity contribution in [3.63, 3.8) is 0 Å². The maximum Gasteiger partial charge on any atom is 0.265 e. The van der Waals surface area contributed by atoms with Crippen LogP contribution in [-0.4, -0.2) is 15.0 Å². The van der Waals surface area contributed by atoms with Crippen molar-refractivity contribution in [3.05, 3.63) is 45.9 Å². The van der Waals surface area contributed by atoms with Gasteiger partial charge in [0.1, 0.15) is 10.7 Å². The van der Waals surface area contributed by atoms with Crippen LogP contribution in [0.1, 0.15) is 16.7 Å². The van der Waals surface area contributed by atoms with Gasteiger partial charge in [0.05, 0.1) is 11.6 Å². The van der Waals surface area contributed by atoms with Gasteiger partial charge >= 0.3 is 0 Å². The number of nitrogens with zero attached hydrogens (tertiary/aromatic N) is 1. The van der Waals surface area contributed by atoms with E-state index >= 15 is 0 Å². The topological polar surface area (TPSA) is 37.4 Å². The van der Waals surface area contributed by atoms with Crippen LogP contribution >= 0.6 is 22.9 Å². The average Bonchev–Trinajstić information content (AvgIpc) is 2.83. The fourth-order valence-electron chi connectivity index (χ4n) is 2.09. The van der Waals surface area contributed by atoms with Gasteiger partial charge in [-0.3, -0.25) is 4.31 Å². The SMILES string of the molecule is CCN(c1ccccc1F)S(=O)(=O)c1cc(CCl)sc1C. The summed E-state index contributed by atoms with van der Waals surface area (Å²) in [7, 11) is -3.80. The largest absolute Gasteiger partial charge is 0.265 e. The monoisotopic (exact) mass is 347 g/mol. The highest BCUT2D eigenvalue weighted by molar-refractivity contribution is 7.93. The fourth-order valence-corrected chi connectivity index (χ4v) is 5.27. The van der Waals surface area contributed by atoms with Crippen molar-refractivity contribution in [1.29, 1.82) is 0 Å². The lowest BCUT2D eigenvalue weighted by molar-refractivity contribution is 0.586. The number of rotatable bonds is 5. The van der Waals surface area contributed by atoms with Gasteiger partial charge in [0.15, 0.2) is 0 Å². The summed E-state index contributed by atoms with van der Waals surface area (Å²) in [5.41, 5.74) is 0.0537. The predicted octanol–water partition coefficient (Wildman–Crippen LogP) is 4.15. The maximum atomic E-state index is 13.9. The Morgan fingerprint density at radius 1 is 1.33 bits per heavy atom. The summed E-state index contributed by atoms with van der Waals surface area (Å²) in [4.78, 5) is 1.62. The van der Waals surface area contributed by atoms with Gasteiger partial charge in [-0.15, -0.1) is 22.9 Å². The predicted molar refractivity (Wildman–Crippen MR) is 85.2 cm³/mol. The number of thiophene rings is 1. The number of para-hydroxylation sites is 1. The molecule has 2 aromatic rings. The van der Waals surface area contributed by atoms with Gasteiger partial charge in [0, 0.05) is 16.3 Å². The van der Waals surface area contributed by atoms with E-state index in [0.29, 0.717) is 4.88 Å². The molecule has 1 aromatic carbocycles. The Morgan fingerprint density at radius 2 is 2.00 bits per heavy atom. The molecule has 0 saturated carbocycles. The molecule has 0 N–H and O–H groups in total. The van der Waals surface area contributed by atoms with E-state index in [9.17, 15) is 12.8 Å². The number of aryl methyl sites for hydroxylation is 1. The summed E-state index contributed by atoms with van der Waals surface area (Å²) >= 11 is 7.10. The van der Waals surface area contributed by atoms with Crippen molar-refractivity contribution in [1.82, 2.24) is 0 Å². The second-order valence-corrected chi connectivity index (χ2v) is 7.83. The number of anilines is 1. The quantitative estimate of drug-likeness (QED) is 0.762. The van der Waals surface area contributed by atoms with E-state index in [1.165, 1.54) is 29.5 Å². The molecular formula is C14H15ClFNO2S2. The molecule has 0 bridgehead atoms. The molecule has 2 rings (SSSR count). The van der Waals surface area contributed by atoms with Crippen molar-refractivity contribution in [3.8, 4) is 0 Å². The molecule has 0 aliphatic carbocycles. The Labute approximate surface area is 133 Å². The highest BCUT2D eigenvalue weighted by atomic mass is 35.5. The number of halogens is 2. The van der Waals surface area contributed by atoms with Gasteiger partial charge in [0.25, 0.3) is 10.0 Å². The third-order valence-corrected chi connectivity index (χ3v) is 6.67. The Bertz CT molecular complexity index is 743. The number of benzene rings is 1. The number of sulfonamides is 1. The Balaban J connectivity index is 2.55. The zero-order valence-corrected chi connectivity index (χ0v) is 14.0. The van der Waals surface area contributed by atoms with E-state index in [0.717, 1.165) is 9.18 Å². The summed E-state index contributed by atoms with van der Waals surface area (Å²) in [6.07, 6.45) is 0. The highest BCUT2D eigenvalue weighted by Gasteiger charge is 2.28. The standard InChI is InChI=1S/C14H15ClFNO2S2/c1-3-17(13-7-5-4-6-12(13)16)21(18,19)14-8-11(9-15)20-10(14)2/h4-8H,3,9H2,1-2H3. The van der Waals surface area contributed by atoms with Crippen LogP contribution in [0.15, 0.2) is 35.2 Å². The lowest BCUT2D eigenvalue weighted by atomic mass is 10.3. The molecule has 1 aromatic heterocycles. The van der Waals surface area contributed by atoms with Crippen LogP contribution in [0, 0.1) is 12.7 Å². The zero-order valence-electron chi connectivity index (χ0n) is 11.6. The van der Waals surface area contributed by atoms with Crippen LogP contribution in [0.25, 0.3) is 0 Å². The molecule has 114 valence electrons. The molecule has 21 heavy (non-hydrogen) atoms. The van der Waals surface area contributed by atoms with E-state index < -0.39 is 15.8 Å². The van der Waals surface area contributed by atoms with Crippen LogP contribution in [0.2, 0.25) is 0 Å². The zero-order chi connectivity index (χ0) is 15.6. The minimum Gasteiger partial charge on any atom is -0.264 e. The minimum absolute atomic E-state index is 0.0537. The lowest BCUT2D eigenvalue weighted by Gasteiger charge is -2.23. The molecule has 0 aliphatic heterocycles. The first-order valence-corrected chi connectivity index (χ1v) is 9.13. The molecule has 3 nitrogen and oxygen atoms in total. The summed E-state index contributed by atoms with van der Waals surface area (Å²) in [5.74, 6) is -0.305. The van der Waals surface area contributed by atoms with Crippen LogP contribution in [0.3, 0.4) is 0 Å². The molecule has 1 heterocycles. The second-order valence-electron chi connectivity index (χ2n) is 4.39. The minimum atomic E-state index is -3.80. The number of alkyl halides is 1. The van der Waals surface area contributed by atoms with Crippen molar-refractivity contribution >= 4 is 38.6 Å². The summed E-state index contributed by atoms with van der Waals surface area (Å²) in [6, 6.07) is 7.41. The van der Waals surface area contributed by atoms with E-state index in [2.05, 4.69) is 0 Å². The second kappa shape index (κ2) is 6.34. The first kappa shape index (κ1) is 16.3. The maximum absolute atomic E-state index is 13.9. The highest BCUT2D eigenvalue weighted by Crippen LogP contribution is 2.32. The molecule has 7 heteroatoms. The summed E-state index contributed by atoms with van der Waals surface area (Å²) in [6.45, 7) is 3.55. The van der Waals surface area contributed by atoms with Gasteiger partial charge in [-0.05, 0) is 32.0 Å². The molecule has 0 radical (unpaired) electrons. The number of hydrogen-bond donors (Lipinski definition) is 0. The van der Waals surface area contributed by atoms with Gasteiger partial charge in [-0.2, -0.15) is 0 Å². The first-order chi connectivity index (χ1) is 9.91. The van der Waals surface area contributed by atoms with E-state index in [-0.39, 0.29) is 23.0 Å². The Hall–Kier alpha value is -1.11. The van der Waals surface area contributed by atoms with Gasteiger partial charge in [-0.25, -0.2) is 12.8 Å². The first-order valence-electron chi connectivity index (χ1n) is 6.34. The fraction of sp³-hybridized carbons (Fsp3) is 0.286. The molecule has 0 unspecified atom stereocenters. The van der Waals surface area contributed by atoms with E-state index in [1.807, 2.05) is 0 Å².